The molecule has 0 aliphatic heterocycles. The minimum Gasteiger partial charge on any atom is -0.489 e. The summed E-state index contributed by atoms with van der Waals surface area (Å²) in [6.45, 7) is 1.37. The van der Waals surface area contributed by atoms with Crippen LogP contribution in [0, 0.1) is 5.92 Å². The molecule has 0 aliphatic rings. The Bertz CT molecular complexity index is 1020. The average molecular weight is 545 g/mol. The van der Waals surface area contributed by atoms with Crippen molar-refractivity contribution in [3.63, 3.8) is 0 Å². The molecule has 0 bridgehead atoms. The molecule has 0 fully saturated rings. The molecule has 180 valence electrons. The average Bonchev–Trinajstić information content (AvgIpc) is 2.88. The van der Waals surface area contributed by atoms with Crippen LogP contribution < -0.4 is 10.1 Å². The molecule has 0 heterocycles. The standard InChI is InChI=1S/C27H30BrNO4S/c1-32-27(31)24(17-29-14-15-34-19-21-10-6-3-7-11-21)26(30)23-16-22(28)12-13-25(23)33-18-20-8-4-2-5-9-20/h2-13,16,24,26,29-30H,14-15,17-19H2,1H3. The number of ether oxygens (including phenoxy) is 2. The number of halogens is 1. The van der Waals surface area contributed by atoms with Crippen molar-refractivity contribution >= 4 is 33.7 Å². The third-order valence-electron chi connectivity index (χ3n) is 5.31. The van der Waals surface area contributed by atoms with Crippen LogP contribution in [0.1, 0.15) is 22.8 Å². The van der Waals surface area contributed by atoms with E-state index >= 15 is 0 Å². The molecule has 2 N–H and O–H groups in total. The zero-order valence-corrected chi connectivity index (χ0v) is 21.6. The molecule has 0 amide bonds. The summed E-state index contributed by atoms with van der Waals surface area (Å²) >= 11 is 5.28. The van der Waals surface area contributed by atoms with E-state index in [0.717, 1.165) is 21.5 Å². The highest BCUT2D eigenvalue weighted by Gasteiger charge is 2.31. The number of aliphatic hydroxyl groups excluding tert-OH is 1. The lowest BCUT2D eigenvalue weighted by Crippen LogP contribution is -2.35. The van der Waals surface area contributed by atoms with Crippen LogP contribution in [0.3, 0.4) is 0 Å². The molecule has 0 aromatic heterocycles. The lowest BCUT2D eigenvalue weighted by atomic mass is 9.94. The first kappa shape index (κ1) is 26.3. The number of benzene rings is 3. The van der Waals surface area contributed by atoms with E-state index in [1.54, 1.807) is 12.1 Å². The summed E-state index contributed by atoms with van der Waals surface area (Å²) in [7, 11) is 1.34. The van der Waals surface area contributed by atoms with Gasteiger partial charge in [0.05, 0.1) is 19.1 Å². The van der Waals surface area contributed by atoms with Crippen LogP contribution in [0.2, 0.25) is 0 Å². The highest BCUT2D eigenvalue weighted by molar-refractivity contribution is 9.10. The van der Waals surface area contributed by atoms with Gasteiger partial charge in [0.1, 0.15) is 12.4 Å². The molecular formula is C27H30BrNO4S. The third-order valence-corrected chi connectivity index (χ3v) is 6.84. The van der Waals surface area contributed by atoms with E-state index in [1.807, 2.05) is 66.4 Å². The molecule has 3 rings (SSSR count). The fraction of sp³-hybridized carbons (Fsp3) is 0.296. The Kier molecular flexibility index (Phi) is 11.0. The van der Waals surface area contributed by atoms with Gasteiger partial charge in [-0.2, -0.15) is 11.8 Å². The predicted molar refractivity (Wildman–Crippen MR) is 141 cm³/mol. The van der Waals surface area contributed by atoms with E-state index < -0.39 is 18.0 Å². The van der Waals surface area contributed by atoms with Gasteiger partial charge in [0.15, 0.2) is 0 Å². The Morgan fingerprint density at radius 2 is 1.71 bits per heavy atom. The van der Waals surface area contributed by atoms with Crippen molar-refractivity contribution in [2.75, 3.05) is 26.0 Å². The first-order valence-corrected chi connectivity index (χ1v) is 13.1. The van der Waals surface area contributed by atoms with Crippen molar-refractivity contribution in [3.05, 3.63) is 100 Å². The molecule has 3 aromatic rings. The molecular weight excluding hydrogens is 514 g/mol. The number of carbonyl (C=O) groups is 1. The molecule has 0 aliphatic carbocycles. The van der Waals surface area contributed by atoms with Gasteiger partial charge in [0.2, 0.25) is 0 Å². The number of aliphatic hydroxyl groups is 1. The lowest BCUT2D eigenvalue weighted by Gasteiger charge is -2.24. The highest BCUT2D eigenvalue weighted by atomic mass is 79.9. The maximum Gasteiger partial charge on any atom is 0.312 e. The van der Waals surface area contributed by atoms with Crippen molar-refractivity contribution in [2.45, 2.75) is 18.5 Å². The smallest absolute Gasteiger partial charge is 0.312 e. The van der Waals surface area contributed by atoms with E-state index in [0.29, 0.717) is 31.0 Å². The van der Waals surface area contributed by atoms with Gasteiger partial charge in [-0.1, -0.05) is 76.6 Å². The van der Waals surface area contributed by atoms with Crippen LogP contribution in [0.15, 0.2) is 83.3 Å². The number of carbonyl (C=O) groups excluding carboxylic acids is 1. The van der Waals surface area contributed by atoms with Crippen LogP contribution in [0.25, 0.3) is 0 Å². The molecule has 34 heavy (non-hydrogen) atoms. The van der Waals surface area contributed by atoms with Gasteiger partial charge >= 0.3 is 5.97 Å². The summed E-state index contributed by atoms with van der Waals surface area (Å²) in [6.07, 6.45) is -1.08. The number of hydrogen-bond acceptors (Lipinski definition) is 6. The van der Waals surface area contributed by atoms with Crippen molar-refractivity contribution < 1.29 is 19.4 Å². The van der Waals surface area contributed by atoms with Gasteiger partial charge < -0.3 is 19.9 Å². The first-order valence-electron chi connectivity index (χ1n) is 11.1. The number of esters is 1. The number of rotatable bonds is 13. The summed E-state index contributed by atoms with van der Waals surface area (Å²) < 4.78 is 11.8. The van der Waals surface area contributed by atoms with Gasteiger partial charge in [0.25, 0.3) is 0 Å². The Morgan fingerprint density at radius 3 is 2.38 bits per heavy atom. The molecule has 2 unspecified atom stereocenters. The number of thioether (sulfide) groups is 1. The van der Waals surface area contributed by atoms with Gasteiger partial charge in [-0.3, -0.25) is 4.79 Å². The SMILES string of the molecule is COC(=O)C(CNCCSCc1ccccc1)C(O)c1cc(Br)ccc1OCc1ccccc1. The van der Waals surface area contributed by atoms with Crippen LogP contribution in [0.4, 0.5) is 0 Å². The second kappa shape index (κ2) is 14.2. The number of hydrogen-bond donors (Lipinski definition) is 2. The van der Waals surface area contributed by atoms with Gasteiger partial charge in [-0.25, -0.2) is 0 Å². The molecule has 7 heteroatoms. The van der Waals surface area contributed by atoms with Gasteiger partial charge in [0, 0.05) is 34.6 Å². The summed E-state index contributed by atoms with van der Waals surface area (Å²) in [5, 5.41) is 14.5. The van der Waals surface area contributed by atoms with Crippen molar-refractivity contribution in [3.8, 4) is 5.75 Å². The Labute approximate surface area is 214 Å². The maximum absolute atomic E-state index is 12.5. The lowest BCUT2D eigenvalue weighted by molar-refractivity contribution is -0.149. The molecule has 0 spiro atoms. The summed E-state index contributed by atoms with van der Waals surface area (Å²) in [4.78, 5) is 12.5. The third kappa shape index (κ3) is 8.17. The Morgan fingerprint density at radius 1 is 1.03 bits per heavy atom. The predicted octanol–water partition coefficient (Wildman–Crippen LogP) is 5.37. The number of methoxy groups -OCH3 is 1. The van der Waals surface area contributed by atoms with Gasteiger partial charge in [-0.05, 0) is 29.3 Å². The largest absolute Gasteiger partial charge is 0.489 e. The fourth-order valence-corrected chi connectivity index (χ4v) is 4.72. The van der Waals surface area contributed by atoms with Crippen LogP contribution in [-0.4, -0.2) is 37.0 Å². The van der Waals surface area contributed by atoms with Crippen LogP contribution in [0.5, 0.6) is 5.75 Å². The minimum atomic E-state index is -1.08. The van der Waals surface area contributed by atoms with Crippen molar-refractivity contribution in [1.29, 1.82) is 0 Å². The molecule has 0 radical (unpaired) electrons. The minimum absolute atomic E-state index is 0.296. The Hall–Kier alpha value is -2.32. The second-order valence-electron chi connectivity index (χ2n) is 7.77. The topological polar surface area (TPSA) is 67.8 Å². The summed E-state index contributed by atoms with van der Waals surface area (Å²) in [5.74, 6) is 1.13. The zero-order chi connectivity index (χ0) is 24.2. The monoisotopic (exact) mass is 543 g/mol. The van der Waals surface area contributed by atoms with Crippen LogP contribution in [-0.2, 0) is 21.9 Å². The summed E-state index contributed by atoms with van der Waals surface area (Å²) in [6, 6.07) is 25.6. The highest BCUT2D eigenvalue weighted by Crippen LogP contribution is 2.33. The van der Waals surface area contributed by atoms with Crippen LogP contribution >= 0.6 is 27.7 Å². The van der Waals surface area contributed by atoms with Crippen molar-refractivity contribution in [2.24, 2.45) is 5.92 Å². The van der Waals surface area contributed by atoms with E-state index in [-0.39, 0.29) is 0 Å². The molecule has 5 nitrogen and oxygen atoms in total. The van der Waals surface area contributed by atoms with Crippen molar-refractivity contribution in [1.82, 2.24) is 5.32 Å². The maximum atomic E-state index is 12.5. The van der Waals surface area contributed by atoms with Gasteiger partial charge in [-0.15, -0.1) is 0 Å². The van der Waals surface area contributed by atoms with E-state index in [4.69, 9.17) is 9.47 Å². The van der Waals surface area contributed by atoms with E-state index in [9.17, 15) is 9.90 Å². The number of nitrogens with one attached hydrogen (secondary N) is 1. The Balaban J connectivity index is 1.59. The fourth-order valence-electron chi connectivity index (χ4n) is 3.48. The first-order chi connectivity index (χ1) is 16.6. The summed E-state index contributed by atoms with van der Waals surface area (Å²) in [5.41, 5.74) is 2.85. The molecule has 0 saturated carbocycles. The molecule has 3 aromatic carbocycles. The normalized spacial score (nSPS) is 12.7. The molecule has 0 saturated heterocycles. The van der Waals surface area contributed by atoms with E-state index in [2.05, 4.69) is 33.4 Å². The second-order valence-corrected chi connectivity index (χ2v) is 9.79. The zero-order valence-electron chi connectivity index (χ0n) is 19.2. The quantitative estimate of drug-likeness (QED) is 0.223. The van der Waals surface area contributed by atoms with E-state index in [1.165, 1.54) is 12.7 Å². The molecule has 2 atom stereocenters.